The van der Waals surface area contributed by atoms with Crippen LogP contribution < -0.4 is 5.32 Å². The van der Waals surface area contributed by atoms with Gasteiger partial charge in [0, 0.05) is 6.42 Å². The lowest BCUT2D eigenvalue weighted by atomic mass is 9.96. The highest BCUT2D eigenvalue weighted by molar-refractivity contribution is 5.76. The number of rotatable bonds is 65. The number of aliphatic hydroxyl groups excluding tert-OH is 11. The van der Waals surface area contributed by atoms with Crippen LogP contribution in [0.1, 0.15) is 348 Å². The minimum Gasteiger partial charge on any atom is -0.394 e. The average Bonchev–Trinajstić information content (AvgIpc) is 0.826. The number of carbonyl (C=O) groups excluding carboxylic acids is 1. The fraction of sp³-hybridized carbons (Fsp3) is 0.962. The quantitative estimate of drug-likeness (QED) is 0.0199. The highest BCUT2D eigenvalue weighted by Crippen LogP contribution is 2.33. The topological polar surface area (TPSA) is 307 Å². The van der Waals surface area contributed by atoms with Crippen molar-refractivity contribution in [3.63, 3.8) is 0 Å². The monoisotopic (exact) mass is 1390 g/mol. The van der Waals surface area contributed by atoms with Crippen molar-refractivity contribution >= 4 is 5.91 Å². The maximum atomic E-state index is 13.5. The summed E-state index contributed by atoms with van der Waals surface area (Å²) in [6.45, 7) is 1.80. The molecule has 0 aromatic rings. The van der Waals surface area contributed by atoms with Gasteiger partial charge in [-0.1, -0.05) is 334 Å². The number of allylic oxidation sites excluding steroid dienone is 1. The van der Waals surface area contributed by atoms with Crippen molar-refractivity contribution in [3.05, 3.63) is 12.2 Å². The van der Waals surface area contributed by atoms with Gasteiger partial charge < -0.3 is 89.9 Å². The molecule has 19 nitrogen and oxygen atoms in total. The molecule has 0 bridgehead atoms. The van der Waals surface area contributed by atoms with Crippen LogP contribution in [0.4, 0.5) is 0 Å². The van der Waals surface area contributed by atoms with Crippen LogP contribution in [0.25, 0.3) is 0 Å². The van der Waals surface area contributed by atoms with Gasteiger partial charge in [0.05, 0.1) is 38.6 Å². The van der Waals surface area contributed by atoms with Crippen LogP contribution in [-0.2, 0) is 33.2 Å². The molecule has 12 N–H and O–H groups in total. The van der Waals surface area contributed by atoms with Crippen molar-refractivity contribution < 1.29 is 89.4 Å². The van der Waals surface area contributed by atoms with E-state index >= 15 is 0 Å². The number of nitrogens with one attached hydrogen (secondary N) is 1. The van der Waals surface area contributed by atoms with Gasteiger partial charge in [0.25, 0.3) is 0 Å². The van der Waals surface area contributed by atoms with Crippen molar-refractivity contribution in [1.29, 1.82) is 0 Å². The molecular weight excluding hydrogens is 1240 g/mol. The van der Waals surface area contributed by atoms with Crippen LogP contribution in [0.3, 0.4) is 0 Å². The van der Waals surface area contributed by atoms with Gasteiger partial charge >= 0.3 is 0 Å². The van der Waals surface area contributed by atoms with Crippen molar-refractivity contribution in [3.8, 4) is 0 Å². The summed E-state index contributed by atoms with van der Waals surface area (Å²) in [6, 6.07) is -0.970. The standard InChI is InChI=1S/C78H149NO18/c1-3-5-7-9-11-13-15-17-19-21-23-25-27-28-29-30-31-32-34-36-38-40-42-44-46-48-50-52-54-56-66(84)79-61(62(83)55-53-51-49-47-45-43-41-39-37-35-33-26-24-22-20-18-16-14-12-10-8-6-4-2)60-92-76-72(90)69(87)74(64(58-81)94-76)97-78-73(91)70(88)75(65(59-82)95-78)96-77-71(89)68(86)67(85)63(57-80)93-77/h53,55,61-65,67-78,80-83,85-91H,3-52,54,56-60H2,1-2H3,(H,79,84)/b55-53+. The molecule has 0 saturated carbocycles. The summed E-state index contributed by atoms with van der Waals surface area (Å²) in [5, 5.41) is 121. The fourth-order valence-corrected chi connectivity index (χ4v) is 14.1. The molecule has 3 aliphatic rings. The minimum absolute atomic E-state index is 0.250. The van der Waals surface area contributed by atoms with Crippen molar-refractivity contribution in [2.24, 2.45) is 0 Å². The second-order valence-corrected chi connectivity index (χ2v) is 29.2. The summed E-state index contributed by atoms with van der Waals surface area (Å²) in [5.74, 6) is -0.266. The zero-order valence-corrected chi connectivity index (χ0v) is 61.3. The van der Waals surface area contributed by atoms with Gasteiger partial charge in [0.1, 0.15) is 73.2 Å². The highest BCUT2D eigenvalue weighted by atomic mass is 16.8. The van der Waals surface area contributed by atoms with Gasteiger partial charge in [-0.25, -0.2) is 0 Å². The summed E-state index contributed by atoms with van der Waals surface area (Å²) in [4.78, 5) is 13.5. The Labute approximate surface area is 588 Å². The van der Waals surface area contributed by atoms with E-state index < -0.39 is 124 Å². The fourth-order valence-electron chi connectivity index (χ4n) is 14.1. The van der Waals surface area contributed by atoms with E-state index in [2.05, 4.69) is 19.2 Å². The molecule has 97 heavy (non-hydrogen) atoms. The molecule has 3 heterocycles. The molecule has 1 amide bonds. The first-order valence-corrected chi connectivity index (χ1v) is 40.4. The highest BCUT2D eigenvalue weighted by Gasteiger charge is 2.54. The third-order valence-electron chi connectivity index (χ3n) is 20.6. The second-order valence-electron chi connectivity index (χ2n) is 29.2. The van der Waals surface area contributed by atoms with E-state index in [-0.39, 0.29) is 18.9 Å². The number of aliphatic hydroxyl groups is 11. The Hall–Kier alpha value is -1.47. The van der Waals surface area contributed by atoms with Crippen LogP contribution in [0.15, 0.2) is 12.2 Å². The van der Waals surface area contributed by atoms with Crippen LogP contribution in [0.5, 0.6) is 0 Å². The zero-order chi connectivity index (χ0) is 70.4. The molecular formula is C78H149NO18. The molecule has 3 saturated heterocycles. The predicted molar refractivity (Wildman–Crippen MR) is 383 cm³/mol. The van der Waals surface area contributed by atoms with Crippen LogP contribution in [-0.4, -0.2) is 193 Å². The van der Waals surface area contributed by atoms with Gasteiger partial charge in [-0.2, -0.15) is 0 Å². The molecule has 17 atom stereocenters. The maximum absolute atomic E-state index is 13.5. The molecule has 574 valence electrons. The second kappa shape index (κ2) is 59.9. The maximum Gasteiger partial charge on any atom is 0.220 e. The van der Waals surface area contributed by atoms with E-state index in [0.717, 1.165) is 44.9 Å². The van der Waals surface area contributed by atoms with Crippen molar-refractivity contribution in [2.45, 2.75) is 452 Å². The average molecular weight is 1390 g/mol. The number of unbranched alkanes of at least 4 members (excludes halogenated alkanes) is 49. The third kappa shape index (κ3) is 40.4. The first-order chi connectivity index (χ1) is 47.3. The summed E-state index contributed by atoms with van der Waals surface area (Å²) in [7, 11) is 0. The van der Waals surface area contributed by atoms with Gasteiger partial charge in [-0.05, 0) is 19.3 Å². The summed E-state index contributed by atoms with van der Waals surface area (Å²) in [5.41, 5.74) is 0. The smallest absolute Gasteiger partial charge is 0.220 e. The van der Waals surface area contributed by atoms with Crippen molar-refractivity contribution in [1.82, 2.24) is 5.32 Å². The molecule has 17 unspecified atom stereocenters. The van der Waals surface area contributed by atoms with Crippen LogP contribution in [0, 0.1) is 0 Å². The van der Waals surface area contributed by atoms with E-state index in [0.29, 0.717) is 6.42 Å². The Bertz CT molecular complexity index is 1800. The number of hydrogen-bond acceptors (Lipinski definition) is 18. The number of ether oxygens (including phenoxy) is 6. The molecule has 0 spiro atoms. The predicted octanol–water partition coefficient (Wildman–Crippen LogP) is 13.2. The molecule has 0 aromatic heterocycles. The first-order valence-electron chi connectivity index (χ1n) is 40.4. The first kappa shape index (κ1) is 89.7. The molecule has 3 fully saturated rings. The Morgan fingerprint density at radius 3 is 0.969 bits per heavy atom. The SMILES string of the molecule is CCCCCCCCCCCCCCCCCCCCCCC/C=C/C(O)C(COC1OC(CO)C(OC2OC(CO)C(OC3OC(CO)C(O)C(O)C3O)C(O)C2O)C(O)C1O)NC(=O)CCCCCCCCCCCCCCCCCCCCCCCCCCCCCCC. The summed E-state index contributed by atoms with van der Waals surface area (Å²) >= 11 is 0. The molecule has 19 heteroatoms. The Balaban J connectivity index is 1.37. The third-order valence-corrected chi connectivity index (χ3v) is 20.6. The van der Waals surface area contributed by atoms with Gasteiger partial charge in [0.2, 0.25) is 5.91 Å². The lowest BCUT2D eigenvalue weighted by Crippen LogP contribution is -2.66. The van der Waals surface area contributed by atoms with Gasteiger partial charge in [0.15, 0.2) is 18.9 Å². The number of amides is 1. The lowest BCUT2D eigenvalue weighted by Gasteiger charge is -2.48. The molecule has 0 radical (unpaired) electrons. The molecule has 0 aliphatic carbocycles. The number of hydrogen-bond donors (Lipinski definition) is 12. The normalized spacial score (nSPS) is 26.9. The molecule has 3 aliphatic heterocycles. The van der Waals surface area contributed by atoms with E-state index in [4.69, 9.17) is 28.4 Å². The van der Waals surface area contributed by atoms with Crippen LogP contribution >= 0.6 is 0 Å². The van der Waals surface area contributed by atoms with E-state index in [1.165, 1.54) is 276 Å². The van der Waals surface area contributed by atoms with Crippen molar-refractivity contribution in [2.75, 3.05) is 26.4 Å². The van der Waals surface area contributed by atoms with Gasteiger partial charge in [-0.3, -0.25) is 4.79 Å². The van der Waals surface area contributed by atoms with E-state index in [1.807, 2.05) is 6.08 Å². The summed E-state index contributed by atoms with van der Waals surface area (Å²) < 4.78 is 34.5. The minimum atomic E-state index is -1.98. The molecule has 3 rings (SSSR count). The Morgan fingerprint density at radius 2 is 0.639 bits per heavy atom. The largest absolute Gasteiger partial charge is 0.394 e. The van der Waals surface area contributed by atoms with Gasteiger partial charge in [-0.15, -0.1) is 0 Å². The number of carbonyl (C=O) groups is 1. The lowest BCUT2D eigenvalue weighted by molar-refractivity contribution is -0.379. The summed E-state index contributed by atoms with van der Waals surface area (Å²) in [6.07, 6.45) is 43.4. The van der Waals surface area contributed by atoms with E-state index in [9.17, 15) is 61.0 Å². The zero-order valence-electron chi connectivity index (χ0n) is 61.3. The van der Waals surface area contributed by atoms with Crippen LogP contribution in [0.2, 0.25) is 0 Å². The molecule has 0 aromatic carbocycles. The van der Waals surface area contributed by atoms with E-state index in [1.54, 1.807) is 6.08 Å². The Morgan fingerprint density at radius 1 is 0.361 bits per heavy atom. The Kier molecular flexibility index (Phi) is 55.4.